The first-order chi connectivity index (χ1) is 14.2. The summed E-state index contributed by atoms with van der Waals surface area (Å²) in [5.74, 6) is -0.660. The molecule has 0 saturated heterocycles. The highest BCUT2D eigenvalue weighted by atomic mass is 35.5. The number of carboxylic acid groups (broad SMARTS) is 1. The van der Waals surface area contributed by atoms with E-state index in [0.29, 0.717) is 36.2 Å². The summed E-state index contributed by atoms with van der Waals surface area (Å²) in [5, 5.41) is 11.9. The Morgan fingerprint density at radius 1 is 1.27 bits per heavy atom. The molecule has 2 aromatic rings. The van der Waals surface area contributed by atoms with Crippen molar-refractivity contribution in [2.45, 2.75) is 45.7 Å². The second-order valence-electron chi connectivity index (χ2n) is 7.94. The molecular weight excluding hydrogens is 408 g/mol. The predicted octanol–water partition coefficient (Wildman–Crippen LogP) is 3.92. The molecule has 162 valence electrons. The molecule has 0 aliphatic carbocycles. The average Bonchev–Trinajstić information content (AvgIpc) is 2.70. The molecule has 30 heavy (non-hydrogen) atoms. The number of pyridine rings is 1. The van der Waals surface area contributed by atoms with Crippen LogP contribution in [0.1, 0.15) is 49.5 Å². The van der Waals surface area contributed by atoms with E-state index < -0.39 is 11.4 Å². The Morgan fingerprint density at radius 3 is 2.63 bits per heavy atom. The lowest BCUT2D eigenvalue weighted by atomic mass is 9.95. The lowest BCUT2D eigenvalue weighted by Gasteiger charge is -2.45. The molecule has 0 atom stereocenters. The summed E-state index contributed by atoms with van der Waals surface area (Å²) in [7, 11) is 1.64. The van der Waals surface area contributed by atoms with Gasteiger partial charge in [0.05, 0.1) is 29.4 Å². The van der Waals surface area contributed by atoms with E-state index in [1.807, 2.05) is 6.07 Å². The van der Waals surface area contributed by atoms with Crippen molar-refractivity contribution in [3.63, 3.8) is 0 Å². The molecule has 0 bridgehead atoms. The Labute approximate surface area is 180 Å². The maximum Gasteiger partial charge on any atom is 0.341 e. The number of aromatic nitrogens is 1. The number of methoxy groups -OCH3 is 1. The van der Waals surface area contributed by atoms with E-state index in [0.717, 1.165) is 24.0 Å². The van der Waals surface area contributed by atoms with Crippen LogP contribution >= 0.6 is 11.6 Å². The van der Waals surface area contributed by atoms with Crippen molar-refractivity contribution in [2.75, 3.05) is 25.3 Å². The lowest BCUT2D eigenvalue weighted by Crippen LogP contribution is -2.52. The van der Waals surface area contributed by atoms with Gasteiger partial charge in [-0.3, -0.25) is 9.47 Å². The Balaban J connectivity index is 2.12. The Bertz CT molecular complexity index is 1020. The van der Waals surface area contributed by atoms with Gasteiger partial charge in [0.1, 0.15) is 11.3 Å². The van der Waals surface area contributed by atoms with Crippen LogP contribution in [0.25, 0.3) is 11.3 Å². The van der Waals surface area contributed by atoms with E-state index in [1.54, 1.807) is 17.9 Å². The molecule has 1 aromatic carbocycles. The molecule has 0 saturated carbocycles. The Hall–Kier alpha value is -2.51. The highest BCUT2D eigenvalue weighted by molar-refractivity contribution is 6.32. The van der Waals surface area contributed by atoms with E-state index in [2.05, 4.69) is 25.8 Å². The highest BCUT2D eigenvalue weighted by Gasteiger charge is 2.33. The quantitative estimate of drug-likeness (QED) is 0.634. The zero-order chi connectivity index (χ0) is 22.1. The summed E-state index contributed by atoms with van der Waals surface area (Å²) in [5.41, 5.74) is 1.29. The topological polar surface area (TPSA) is 81.0 Å². The van der Waals surface area contributed by atoms with Gasteiger partial charge in [0.25, 0.3) is 0 Å². The first-order valence-corrected chi connectivity index (χ1v) is 10.3. The molecule has 0 radical (unpaired) electrons. The molecular formula is C22H27ClN2O5. The summed E-state index contributed by atoms with van der Waals surface area (Å²) >= 11 is 6.46. The van der Waals surface area contributed by atoms with Crippen molar-refractivity contribution < 1.29 is 19.4 Å². The van der Waals surface area contributed by atoms with E-state index in [1.165, 1.54) is 12.3 Å². The van der Waals surface area contributed by atoms with Gasteiger partial charge in [-0.05, 0) is 38.0 Å². The molecule has 8 heteroatoms. The molecule has 0 unspecified atom stereocenters. The zero-order valence-electron chi connectivity index (χ0n) is 17.7. The SMILES string of the molecule is CCC(C)(C)N1Cc2cc(OCCCOC)c(Cl)cc2-c2cc(=O)c(C(=O)O)cn21. The molecule has 3 rings (SSSR count). The summed E-state index contributed by atoms with van der Waals surface area (Å²) in [6.45, 7) is 7.84. The van der Waals surface area contributed by atoms with Crippen molar-refractivity contribution in [1.29, 1.82) is 0 Å². The Morgan fingerprint density at radius 2 is 2.00 bits per heavy atom. The van der Waals surface area contributed by atoms with Crippen molar-refractivity contribution in [1.82, 2.24) is 4.68 Å². The zero-order valence-corrected chi connectivity index (χ0v) is 18.5. The first kappa shape index (κ1) is 22.2. The monoisotopic (exact) mass is 434 g/mol. The standard InChI is InChI=1S/C22H27ClN2O5/c1-5-22(2,3)25-12-14-9-20(30-8-6-7-29-4)17(23)10-15(14)18-11-19(26)16(21(27)28)13-24(18)25/h9-11,13H,5-8,12H2,1-4H3,(H,27,28). The molecule has 0 fully saturated rings. The maximum absolute atomic E-state index is 12.4. The van der Waals surface area contributed by atoms with Crippen molar-refractivity contribution in [2.24, 2.45) is 0 Å². The Kier molecular flexibility index (Phi) is 6.43. The lowest BCUT2D eigenvalue weighted by molar-refractivity contribution is 0.0694. The average molecular weight is 435 g/mol. The van der Waals surface area contributed by atoms with Gasteiger partial charge < -0.3 is 19.6 Å². The molecule has 1 aliphatic heterocycles. The van der Waals surface area contributed by atoms with Crippen LogP contribution in [0.5, 0.6) is 5.75 Å². The minimum Gasteiger partial charge on any atom is -0.492 e. The maximum atomic E-state index is 12.4. The van der Waals surface area contributed by atoms with Crippen molar-refractivity contribution in [3.05, 3.63) is 50.8 Å². The van der Waals surface area contributed by atoms with Gasteiger partial charge in [-0.15, -0.1) is 0 Å². The summed E-state index contributed by atoms with van der Waals surface area (Å²) in [6, 6.07) is 5.06. The molecule has 0 amide bonds. The first-order valence-electron chi connectivity index (χ1n) is 9.92. The molecule has 2 heterocycles. The van der Waals surface area contributed by atoms with Crippen LogP contribution in [0.2, 0.25) is 5.02 Å². The van der Waals surface area contributed by atoms with Gasteiger partial charge in [0.2, 0.25) is 0 Å². The molecule has 7 nitrogen and oxygen atoms in total. The second-order valence-corrected chi connectivity index (χ2v) is 8.35. The number of ether oxygens (including phenoxy) is 2. The van der Waals surface area contributed by atoms with Crippen LogP contribution in [0.3, 0.4) is 0 Å². The third-order valence-electron chi connectivity index (χ3n) is 5.59. The number of carboxylic acids is 1. The van der Waals surface area contributed by atoms with Gasteiger partial charge in [0.15, 0.2) is 5.43 Å². The van der Waals surface area contributed by atoms with Crippen LogP contribution < -0.4 is 15.2 Å². The van der Waals surface area contributed by atoms with Crippen LogP contribution in [0.4, 0.5) is 0 Å². The van der Waals surface area contributed by atoms with E-state index >= 15 is 0 Å². The van der Waals surface area contributed by atoms with Crippen molar-refractivity contribution >= 4 is 17.6 Å². The number of aromatic carboxylic acids is 1. The van der Waals surface area contributed by atoms with E-state index in [4.69, 9.17) is 21.1 Å². The number of hydrogen-bond acceptors (Lipinski definition) is 5. The van der Waals surface area contributed by atoms with Crippen LogP contribution in [-0.2, 0) is 11.3 Å². The number of benzene rings is 1. The minimum atomic E-state index is -1.24. The van der Waals surface area contributed by atoms with Crippen LogP contribution in [0.15, 0.2) is 29.2 Å². The summed E-state index contributed by atoms with van der Waals surface area (Å²) in [6.07, 6.45) is 2.97. The molecule has 1 aliphatic rings. The second kappa shape index (κ2) is 8.70. The number of fused-ring (bicyclic) bond motifs is 3. The van der Waals surface area contributed by atoms with Gasteiger partial charge in [-0.1, -0.05) is 18.5 Å². The number of halogens is 1. The van der Waals surface area contributed by atoms with E-state index in [9.17, 15) is 14.7 Å². The minimum absolute atomic E-state index is 0.261. The molecule has 1 aromatic heterocycles. The van der Waals surface area contributed by atoms with Gasteiger partial charge in [-0.25, -0.2) is 4.79 Å². The van der Waals surface area contributed by atoms with Gasteiger partial charge in [0, 0.05) is 38.0 Å². The van der Waals surface area contributed by atoms with Gasteiger partial charge >= 0.3 is 5.97 Å². The van der Waals surface area contributed by atoms with Gasteiger partial charge in [-0.2, -0.15) is 0 Å². The largest absolute Gasteiger partial charge is 0.492 e. The molecule has 0 spiro atoms. The number of nitrogens with zero attached hydrogens (tertiary/aromatic N) is 2. The smallest absolute Gasteiger partial charge is 0.341 e. The summed E-state index contributed by atoms with van der Waals surface area (Å²) < 4.78 is 12.7. The number of rotatable bonds is 8. The summed E-state index contributed by atoms with van der Waals surface area (Å²) in [4.78, 5) is 24.0. The third kappa shape index (κ3) is 4.18. The third-order valence-corrected chi connectivity index (χ3v) is 5.89. The van der Waals surface area contributed by atoms with E-state index in [-0.39, 0.29) is 11.1 Å². The number of hydrogen-bond donors (Lipinski definition) is 1. The van der Waals surface area contributed by atoms with Crippen LogP contribution in [-0.4, -0.2) is 41.6 Å². The fourth-order valence-corrected chi connectivity index (χ4v) is 3.69. The fourth-order valence-electron chi connectivity index (χ4n) is 3.47. The highest BCUT2D eigenvalue weighted by Crippen LogP contribution is 2.39. The predicted molar refractivity (Wildman–Crippen MR) is 116 cm³/mol. The fraction of sp³-hybridized carbons (Fsp3) is 0.455. The molecule has 1 N–H and O–H groups in total. The normalized spacial score (nSPS) is 13.0. The number of carbonyl (C=O) groups is 1. The van der Waals surface area contributed by atoms with Crippen molar-refractivity contribution in [3.8, 4) is 17.0 Å². The van der Waals surface area contributed by atoms with Crippen LogP contribution in [0, 0.1) is 0 Å².